The third-order valence-corrected chi connectivity index (χ3v) is 4.47. The highest BCUT2D eigenvalue weighted by Gasteiger charge is 2.15. The number of ether oxygens (including phenoxy) is 3. The average molecular weight is 351 g/mol. The predicted molar refractivity (Wildman–Crippen MR) is 88.0 cm³/mol. The summed E-state index contributed by atoms with van der Waals surface area (Å²) >= 11 is 3.76. The van der Waals surface area contributed by atoms with E-state index >= 15 is 0 Å². The first kappa shape index (κ1) is 15.7. The topological polar surface area (TPSA) is 27.7 Å². The van der Waals surface area contributed by atoms with Crippen LogP contribution in [0.15, 0.2) is 36.4 Å². The second kappa shape index (κ2) is 6.85. The maximum Gasteiger partial charge on any atom is 0.161 e. The lowest BCUT2D eigenvalue weighted by atomic mass is 10.00. The maximum absolute atomic E-state index is 5.36. The molecule has 0 aliphatic carbocycles. The normalized spacial score (nSPS) is 11.9. The van der Waals surface area contributed by atoms with Crippen LogP contribution in [0.3, 0.4) is 0 Å². The summed E-state index contributed by atoms with van der Waals surface area (Å²) in [5, 5.41) is 0. The first-order chi connectivity index (χ1) is 10.1. The Hall–Kier alpha value is -1.68. The molecule has 0 aliphatic heterocycles. The molecular formula is C17H19BrO3. The predicted octanol–water partition coefficient (Wildman–Crippen LogP) is 4.51. The molecule has 0 saturated carbocycles. The van der Waals surface area contributed by atoms with Crippen molar-refractivity contribution in [3.63, 3.8) is 0 Å². The fourth-order valence-corrected chi connectivity index (χ4v) is 3.05. The molecule has 0 N–H and O–H groups in total. The molecule has 2 rings (SSSR count). The van der Waals surface area contributed by atoms with Gasteiger partial charge in [-0.2, -0.15) is 0 Å². The van der Waals surface area contributed by atoms with Gasteiger partial charge >= 0.3 is 0 Å². The minimum Gasteiger partial charge on any atom is -0.497 e. The molecule has 0 heterocycles. The van der Waals surface area contributed by atoms with Crippen LogP contribution in [-0.4, -0.2) is 21.3 Å². The molecular weight excluding hydrogens is 332 g/mol. The first-order valence-corrected chi connectivity index (χ1v) is 7.52. The van der Waals surface area contributed by atoms with E-state index in [4.69, 9.17) is 14.2 Å². The van der Waals surface area contributed by atoms with Gasteiger partial charge in [-0.25, -0.2) is 0 Å². The van der Waals surface area contributed by atoms with Crippen LogP contribution in [0.5, 0.6) is 17.2 Å². The van der Waals surface area contributed by atoms with Gasteiger partial charge in [0.15, 0.2) is 11.5 Å². The van der Waals surface area contributed by atoms with E-state index in [1.165, 1.54) is 11.1 Å². The number of hydrogen-bond acceptors (Lipinski definition) is 3. The Morgan fingerprint density at radius 3 is 2.14 bits per heavy atom. The Labute approximate surface area is 134 Å². The molecule has 0 radical (unpaired) electrons. The molecule has 3 nitrogen and oxygen atoms in total. The van der Waals surface area contributed by atoms with Gasteiger partial charge in [-0.1, -0.05) is 28.1 Å². The van der Waals surface area contributed by atoms with Gasteiger partial charge in [-0.3, -0.25) is 0 Å². The van der Waals surface area contributed by atoms with Crippen molar-refractivity contribution in [2.75, 3.05) is 21.3 Å². The minimum atomic E-state index is 0.0863. The molecule has 0 saturated heterocycles. The molecule has 2 aromatic carbocycles. The van der Waals surface area contributed by atoms with Gasteiger partial charge in [0.05, 0.1) is 26.2 Å². The van der Waals surface area contributed by atoms with E-state index in [9.17, 15) is 0 Å². The number of halogens is 1. The Balaban J connectivity index is 2.37. The van der Waals surface area contributed by atoms with Crippen LogP contribution in [0.1, 0.15) is 21.5 Å². The quantitative estimate of drug-likeness (QED) is 0.742. The van der Waals surface area contributed by atoms with E-state index in [1.807, 2.05) is 30.3 Å². The van der Waals surface area contributed by atoms with Gasteiger partial charge in [-0.15, -0.1) is 0 Å². The van der Waals surface area contributed by atoms with Crippen LogP contribution in [0.2, 0.25) is 0 Å². The number of methoxy groups -OCH3 is 3. The maximum atomic E-state index is 5.36. The lowest BCUT2D eigenvalue weighted by Gasteiger charge is -2.16. The zero-order valence-corrected chi connectivity index (χ0v) is 14.2. The SMILES string of the molecule is COc1ccc(C(Br)c2ccc(OC)c(OC)c2)c(C)c1. The molecule has 0 amide bonds. The lowest BCUT2D eigenvalue weighted by molar-refractivity contribution is 0.354. The summed E-state index contributed by atoms with van der Waals surface area (Å²) in [6.07, 6.45) is 0. The zero-order valence-electron chi connectivity index (χ0n) is 12.6. The van der Waals surface area contributed by atoms with Crippen molar-refractivity contribution in [1.29, 1.82) is 0 Å². The third kappa shape index (κ3) is 3.32. The molecule has 0 fully saturated rings. The molecule has 0 spiro atoms. The van der Waals surface area contributed by atoms with E-state index in [-0.39, 0.29) is 4.83 Å². The molecule has 0 aromatic heterocycles. The number of benzene rings is 2. The monoisotopic (exact) mass is 350 g/mol. The second-order valence-electron chi connectivity index (χ2n) is 4.70. The number of hydrogen-bond donors (Lipinski definition) is 0. The van der Waals surface area contributed by atoms with Gasteiger partial charge in [0.1, 0.15) is 5.75 Å². The van der Waals surface area contributed by atoms with E-state index < -0.39 is 0 Å². The molecule has 21 heavy (non-hydrogen) atoms. The highest BCUT2D eigenvalue weighted by atomic mass is 79.9. The van der Waals surface area contributed by atoms with Gasteiger partial charge < -0.3 is 14.2 Å². The van der Waals surface area contributed by atoms with E-state index in [0.29, 0.717) is 0 Å². The minimum absolute atomic E-state index is 0.0863. The fraction of sp³-hybridized carbons (Fsp3) is 0.294. The molecule has 0 aliphatic rings. The summed E-state index contributed by atoms with van der Waals surface area (Å²) in [7, 11) is 4.95. The van der Waals surface area contributed by atoms with Crippen molar-refractivity contribution >= 4 is 15.9 Å². The van der Waals surface area contributed by atoms with Crippen LogP contribution < -0.4 is 14.2 Å². The zero-order chi connectivity index (χ0) is 15.4. The Morgan fingerprint density at radius 2 is 1.57 bits per heavy atom. The van der Waals surface area contributed by atoms with Crippen LogP contribution >= 0.6 is 15.9 Å². The van der Waals surface area contributed by atoms with Crippen molar-refractivity contribution in [3.8, 4) is 17.2 Å². The third-order valence-electron chi connectivity index (χ3n) is 3.45. The summed E-state index contributed by atoms with van der Waals surface area (Å²) in [5.41, 5.74) is 3.48. The van der Waals surface area contributed by atoms with Crippen molar-refractivity contribution < 1.29 is 14.2 Å². The number of aryl methyl sites for hydroxylation is 1. The van der Waals surface area contributed by atoms with Crippen LogP contribution in [0.4, 0.5) is 0 Å². The number of alkyl halides is 1. The number of rotatable bonds is 5. The van der Waals surface area contributed by atoms with E-state index in [0.717, 1.165) is 22.8 Å². The van der Waals surface area contributed by atoms with Crippen molar-refractivity contribution in [3.05, 3.63) is 53.1 Å². The average Bonchev–Trinajstić information content (AvgIpc) is 2.53. The lowest BCUT2D eigenvalue weighted by Crippen LogP contribution is -1.98. The van der Waals surface area contributed by atoms with Crippen molar-refractivity contribution in [2.45, 2.75) is 11.8 Å². The summed E-state index contributed by atoms with van der Waals surface area (Å²) in [6.45, 7) is 2.08. The molecule has 1 atom stereocenters. The molecule has 0 bridgehead atoms. The van der Waals surface area contributed by atoms with Gasteiger partial charge in [-0.05, 0) is 47.9 Å². The Kier molecular flexibility index (Phi) is 5.12. The highest BCUT2D eigenvalue weighted by molar-refractivity contribution is 9.09. The smallest absolute Gasteiger partial charge is 0.161 e. The highest BCUT2D eigenvalue weighted by Crippen LogP contribution is 2.38. The standard InChI is InChI=1S/C17H19BrO3/c1-11-9-13(19-2)6-7-14(11)17(18)12-5-8-15(20-3)16(10-12)21-4/h5-10,17H,1-4H3. The van der Waals surface area contributed by atoms with Crippen molar-refractivity contribution in [2.24, 2.45) is 0 Å². The van der Waals surface area contributed by atoms with E-state index in [2.05, 4.69) is 28.9 Å². The fourth-order valence-electron chi connectivity index (χ4n) is 2.25. The van der Waals surface area contributed by atoms with Crippen molar-refractivity contribution in [1.82, 2.24) is 0 Å². The van der Waals surface area contributed by atoms with Crippen LogP contribution in [0, 0.1) is 6.92 Å². The van der Waals surface area contributed by atoms with Gasteiger partial charge in [0, 0.05) is 0 Å². The summed E-state index contributed by atoms with van der Waals surface area (Å²) < 4.78 is 15.9. The van der Waals surface area contributed by atoms with Crippen LogP contribution in [0.25, 0.3) is 0 Å². The van der Waals surface area contributed by atoms with Crippen LogP contribution in [-0.2, 0) is 0 Å². The first-order valence-electron chi connectivity index (χ1n) is 6.61. The molecule has 1 unspecified atom stereocenters. The Morgan fingerprint density at radius 1 is 0.857 bits per heavy atom. The molecule has 4 heteroatoms. The Bertz CT molecular complexity index is 625. The summed E-state index contributed by atoms with van der Waals surface area (Å²) in [4.78, 5) is 0.0863. The molecule has 2 aromatic rings. The van der Waals surface area contributed by atoms with E-state index in [1.54, 1.807) is 21.3 Å². The summed E-state index contributed by atoms with van der Waals surface area (Å²) in [5.74, 6) is 2.32. The van der Waals surface area contributed by atoms with Gasteiger partial charge in [0.25, 0.3) is 0 Å². The molecule has 112 valence electrons. The van der Waals surface area contributed by atoms with Gasteiger partial charge in [0.2, 0.25) is 0 Å². The largest absolute Gasteiger partial charge is 0.497 e. The summed E-state index contributed by atoms with van der Waals surface area (Å²) in [6, 6.07) is 12.0. The second-order valence-corrected chi connectivity index (χ2v) is 5.62.